The van der Waals surface area contributed by atoms with Gasteiger partial charge in [-0.2, -0.15) is 0 Å². The Morgan fingerprint density at radius 3 is 2.76 bits per heavy atom. The molecule has 0 atom stereocenters. The van der Waals surface area contributed by atoms with E-state index in [0.29, 0.717) is 0 Å². The van der Waals surface area contributed by atoms with E-state index in [1.807, 2.05) is 14.0 Å². The van der Waals surface area contributed by atoms with Crippen molar-refractivity contribution in [2.75, 3.05) is 59.9 Å². The zero-order valence-electron chi connectivity index (χ0n) is 15.8. The van der Waals surface area contributed by atoms with E-state index in [4.69, 9.17) is 0 Å². The largest absolute Gasteiger partial charge is 0.356 e. The highest BCUT2D eigenvalue weighted by Gasteiger charge is 2.11. The predicted octanol–water partition coefficient (Wildman–Crippen LogP) is 1.80. The van der Waals surface area contributed by atoms with Crippen LogP contribution in [-0.2, 0) is 6.42 Å². The fourth-order valence-corrected chi connectivity index (χ4v) is 3.53. The summed E-state index contributed by atoms with van der Waals surface area (Å²) in [6.07, 6.45) is 3.37. The van der Waals surface area contributed by atoms with Crippen LogP contribution < -0.4 is 10.6 Å². The van der Waals surface area contributed by atoms with Crippen molar-refractivity contribution in [3.05, 3.63) is 16.1 Å². The number of nitrogens with zero attached hydrogens (tertiary/aromatic N) is 4. The van der Waals surface area contributed by atoms with Gasteiger partial charge in [-0.25, -0.2) is 4.98 Å². The standard InChI is InChI=1S/C17H32N6S.HI/c1-15-21-16(14-24-15)6-8-20-17(18-2)19-7-4-10-23-11-5-9-22(3)12-13-23;/h14H,4-13H2,1-3H3,(H2,18,19,20);1H. The lowest BCUT2D eigenvalue weighted by Crippen LogP contribution is -2.40. The number of hydrogen-bond acceptors (Lipinski definition) is 5. The minimum Gasteiger partial charge on any atom is -0.356 e. The van der Waals surface area contributed by atoms with E-state index < -0.39 is 0 Å². The third-order valence-corrected chi connectivity index (χ3v) is 5.14. The van der Waals surface area contributed by atoms with Crippen molar-refractivity contribution >= 4 is 41.3 Å². The number of halogens is 1. The molecule has 25 heavy (non-hydrogen) atoms. The van der Waals surface area contributed by atoms with E-state index in [1.165, 1.54) is 32.6 Å². The molecule has 2 heterocycles. The van der Waals surface area contributed by atoms with Gasteiger partial charge in [-0.3, -0.25) is 4.99 Å². The van der Waals surface area contributed by atoms with Gasteiger partial charge in [-0.1, -0.05) is 0 Å². The number of nitrogens with one attached hydrogen (secondary N) is 2. The first kappa shape index (κ1) is 22.6. The molecule has 1 aromatic rings. The van der Waals surface area contributed by atoms with Gasteiger partial charge in [-0.05, 0) is 46.4 Å². The Morgan fingerprint density at radius 1 is 1.24 bits per heavy atom. The molecule has 6 nitrogen and oxygen atoms in total. The Hall–Kier alpha value is -0.450. The number of thiazole rings is 1. The number of likely N-dealkylation sites (N-methyl/N-ethyl adjacent to an activating group) is 1. The molecule has 0 unspecified atom stereocenters. The van der Waals surface area contributed by atoms with Crippen LogP contribution in [0.3, 0.4) is 0 Å². The summed E-state index contributed by atoms with van der Waals surface area (Å²) in [6.45, 7) is 9.86. The van der Waals surface area contributed by atoms with Crippen LogP contribution in [-0.4, -0.2) is 80.7 Å². The number of aromatic nitrogens is 1. The minimum absolute atomic E-state index is 0. The van der Waals surface area contributed by atoms with Gasteiger partial charge in [0.2, 0.25) is 0 Å². The zero-order valence-corrected chi connectivity index (χ0v) is 18.9. The van der Waals surface area contributed by atoms with E-state index >= 15 is 0 Å². The van der Waals surface area contributed by atoms with E-state index in [1.54, 1.807) is 11.3 Å². The van der Waals surface area contributed by atoms with Crippen LogP contribution in [0.5, 0.6) is 0 Å². The highest BCUT2D eigenvalue weighted by molar-refractivity contribution is 14.0. The lowest BCUT2D eigenvalue weighted by molar-refractivity contribution is 0.274. The molecule has 1 aromatic heterocycles. The van der Waals surface area contributed by atoms with Crippen LogP contribution >= 0.6 is 35.3 Å². The summed E-state index contributed by atoms with van der Waals surface area (Å²) in [7, 11) is 4.04. The molecule has 1 saturated heterocycles. The van der Waals surface area contributed by atoms with E-state index in [9.17, 15) is 0 Å². The molecule has 8 heteroatoms. The van der Waals surface area contributed by atoms with Crippen molar-refractivity contribution in [3.8, 4) is 0 Å². The van der Waals surface area contributed by atoms with E-state index in [-0.39, 0.29) is 24.0 Å². The second-order valence-corrected chi connectivity index (χ2v) is 7.45. The molecule has 144 valence electrons. The molecule has 0 bridgehead atoms. The van der Waals surface area contributed by atoms with Gasteiger partial charge < -0.3 is 20.4 Å². The average molecular weight is 480 g/mol. The summed E-state index contributed by atoms with van der Waals surface area (Å²) in [4.78, 5) is 13.8. The molecule has 0 aliphatic carbocycles. The van der Waals surface area contributed by atoms with E-state index in [2.05, 4.69) is 42.8 Å². The highest BCUT2D eigenvalue weighted by Crippen LogP contribution is 2.07. The Morgan fingerprint density at radius 2 is 2.04 bits per heavy atom. The van der Waals surface area contributed by atoms with Crippen LogP contribution in [0.4, 0.5) is 0 Å². The van der Waals surface area contributed by atoms with Gasteiger partial charge in [0, 0.05) is 45.0 Å². The topological polar surface area (TPSA) is 55.8 Å². The van der Waals surface area contributed by atoms with Gasteiger partial charge in [0.25, 0.3) is 0 Å². The maximum Gasteiger partial charge on any atom is 0.190 e. The quantitative estimate of drug-likeness (QED) is 0.270. The van der Waals surface area contributed by atoms with Gasteiger partial charge in [0.05, 0.1) is 10.7 Å². The summed E-state index contributed by atoms with van der Waals surface area (Å²) < 4.78 is 0. The van der Waals surface area contributed by atoms with Crippen LogP contribution in [0.2, 0.25) is 0 Å². The predicted molar refractivity (Wildman–Crippen MR) is 119 cm³/mol. The monoisotopic (exact) mass is 480 g/mol. The number of rotatable bonds is 7. The van der Waals surface area contributed by atoms with Crippen LogP contribution in [0, 0.1) is 6.92 Å². The Balaban J connectivity index is 0.00000312. The molecule has 2 rings (SSSR count). The van der Waals surface area contributed by atoms with Gasteiger partial charge in [-0.15, -0.1) is 35.3 Å². The minimum atomic E-state index is 0. The third kappa shape index (κ3) is 9.16. The molecule has 1 fully saturated rings. The normalized spacial score (nSPS) is 17.0. The van der Waals surface area contributed by atoms with Crippen molar-refractivity contribution in [3.63, 3.8) is 0 Å². The maximum atomic E-state index is 4.48. The lowest BCUT2D eigenvalue weighted by atomic mass is 10.3. The van der Waals surface area contributed by atoms with Crippen LogP contribution in [0.25, 0.3) is 0 Å². The van der Waals surface area contributed by atoms with E-state index in [0.717, 1.165) is 49.1 Å². The fourth-order valence-electron chi connectivity index (χ4n) is 2.89. The third-order valence-electron chi connectivity index (χ3n) is 4.32. The lowest BCUT2D eigenvalue weighted by Gasteiger charge is -2.20. The zero-order chi connectivity index (χ0) is 17.2. The van der Waals surface area contributed by atoms with Crippen LogP contribution in [0.1, 0.15) is 23.5 Å². The molecule has 0 saturated carbocycles. The van der Waals surface area contributed by atoms with Crippen molar-refractivity contribution in [2.45, 2.75) is 26.2 Å². The first-order chi connectivity index (χ1) is 11.7. The Labute approximate surface area is 173 Å². The van der Waals surface area contributed by atoms with Crippen molar-refractivity contribution in [1.82, 2.24) is 25.4 Å². The molecule has 0 amide bonds. The molecule has 0 aromatic carbocycles. The molecule has 1 aliphatic heterocycles. The second-order valence-electron chi connectivity index (χ2n) is 6.39. The number of guanidine groups is 1. The molecular weight excluding hydrogens is 447 g/mol. The second kappa shape index (κ2) is 12.8. The number of aliphatic imine (C=N–C) groups is 1. The summed E-state index contributed by atoms with van der Waals surface area (Å²) in [5, 5.41) is 10.0. The molecule has 1 aliphatic rings. The number of aryl methyl sites for hydroxylation is 1. The molecule has 0 spiro atoms. The summed E-state index contributed by atoms with van der Waals surface area (Å²) >= 11 is 1.71. The SMILES string of the molecule is CN=C(NCCCN1CCCN(C)CC1)NCCc1csc(C)n1.I. The fraction of sp³-hybridized carbons (Fsp3) is 0.765. The Kier molecular flexibility index (Phi) is 11.6. The van der Waals surface area contributed by atoms with Crippen LogP contribution in [0.15, 0.2) is 10.4 Å². The van der Waals surface area contributed by atoms with Gasteiger partial charge >= 0.3 is 0 Å². The average Bonchev–Trinajstić information content (AvgIpc) is 2.87. The maximum absolute atomic E-state index is 4.48. The number of hydrogen-bond donors (Lipinski definition) is 2. The summed E-state index contributed by atoms with van der Waals surface area (Å²) in [5.41, 5.74) is 1.16. The summed E-state index contributed by atoms with van der Waals surface area (Å²) in [5.74, 6) is 0.887. The first-order valence-electron chi connectivity index (χ1n) is 8.94. The highest BCUT2D eigenvalue weighted by atomic mass is 127. The van der Waals surface area contributed by atoms with Crippen molar-refractivity contribution in [1.29, 1.82) is 0 Å². The Bertz CT molecular complexity index is 507. The molecular formula is C17H33IN6S. The van der Waals surface area contributed by atoms with Gasteiger partial charge in [0.1, 0.15) is 0 Å². The summed E-state index contributed by atoms with van der Waals surface area (Å²) in [6, 6.07) is 0. The van der Waals surface area contributed by atoms with Gasteiger partial charge in [0.15, 0.2) is 5.96 Å². The first-order valence-corrected chi connectivity index (χ1v) is 9.82. The smallest absolute Gasteiger partial charge is 0.190 e. The van der Waals surface area contributed by atoms with Crippen molar-refractivity contribution in [2.24, 2.45) is 4.99 Å². The van der Waals surface area contributed by atoms with Crippen molar-refractivity contribution < 1.29 is 0 Å². The molecule has 2 N–H and O–H groups in total. The molecule has 0 radical (unpaired) electrons.